The van der Waals surface area contributed by atoms with Crippen molar-refractivity contribution < 1.29 is 9.53 Å². The topological polar surface area (TPSA) is 44.8 Å². The van der Waals surface area contributed by atoms with Crippen molar-refractivity contribution >= 4 is 5.91 Å². The highest BCUT2D eigenvalue weighted by atomic mass is 16.5. The summed E-state index contributed by atoms with van der Waals surface area (Å²) in [7, 11) is 0. The summed E-state index contributed by atoms with van der Waals surface area (Å²) in [5.74, 6) is 0.147. The number of piperazine rings is 1. The number of amides is 1. The highest BCUT2D eigenvalue weighted by Crippen LogP contribution is 2.12. The van der Waals surface area contributed by atoms with Gasteiger partial charge in [-0.05, 0) is 5.56 Å². The molecule has 1 N–H and O–H groups in total. The lowest BCUT2D eigenvalue weighted by Crippen LogP contribution is -2.54. The molecule has 0 aliphatic carbocycles. The predicted molar refractivity (Wildman–Crippen MR) is 80.9 cm³/mol. The zero-order chi connectivity index (χ0) is 14.5. The van der Waals surface area contributed by atoms with Crippen LogP contribution in [0.4, 0.5) is 0 Å². The van der Waals surface area contributed by atoms with E-state index in [1.54, 1.807) is 0 Å². The van der Waals surface area contributed by atoms with Gasteiger partial charge < -0.3 is 15.0 Å². The molecule has 21 heavy (non-hydrogen) atoms. The zero-order valence-electron chi connectivity index (χ0n) is 12.3. The Bertz CT molecular complexity index is 460. The standard InChI is InChI=1S/C16H23N3O2/c20-16(19-8-6-17-7-9-19)15-13-18(10-11-21-15)12-14-4-2-1-3-5-14/h1-5,15,17H,6-13H2. The maximum absolute atomic E-state index is 12.5. The molecule has 0 spiro atoms. The van der Waals surface area contributed by atoms with E-state index in [4.69, 9.17) is 4.74 Å². The van der Waals surface area contributed by atoms with E-state index in [1.807, 2.05) is 11.0 Å². The number of nitrogens with zero attached hydrogens (tertiary/aromatic N) is 2. The van der Waals surface area contributed by atoms with Crippen LogP contribution in [0, 0.1) is 0 Å². The van der Waals surface area contributed by atoms with Gasteiger partial charge in [-0.3, -0.25) is 9.69 Å². The molecule has 0 radical (unpaired) electrons. The van der Waals surface area contributed by atoms with Gasteiger partial charge in [0.25, 0.3) is 5.91 Å². The normalized spacial score (nSPS) is 24.0. The fourth-order valence-corrected chi connectivity index (χ4v) is 2.93. The van der Waals surface area contributed by atoms with E-state index in [0.717, 1.165) is 39.3 Å². The van der Waals surface area contributed by atoms with E-state index in [-0.39, 0.29) is 12.0 Å². The number of carbonyl (C=O) groups is 1. The van der Waals surface area contributed by atoms with E-state index in [2.05, 4.69) is 34.5 Å². The fraction of sp³-hybridized carbons (Fsp3) is 0.562. The molecule has 1 aromatic rings. The second kappa shape index (κ2) is 7.02. The second-order valence-electron chi connectivity index (χ2n) is 5.66. The van der Waals surface area contributed by atoms with Gasteiger partial charge in [0, 0.05) is 45.8 Å². The minimum Gasteiger partial charge on any atom is -0.366 e. The van der Waals surface area contributed by atoms with Crippen molar-refractivity contribution in [1.82, 2.24) is 15.1 Å². The Balaban J connectivity index is 1.56. The molecule has 0 aromatic heterocycles. The van der Waals surface area contributed by atoms with Crippen molar-refractivity contribution in [3.8, 4) is 0 Å². The van der Waals surface area contributed by atoms with Crippen LogP contribution in [0.25, 0.3) is 0 Å². The quantitative estimate of drug-likeness (QED) is 0.870. The van der Waals surface area contributed by atoms with Crippen molar-refractivity contribution in [3.05, 3.63) is 35.9 Å². The third-order valence-corrected chi connectivity index (χ3v) is 4.10. The first-order valence-electron chi connectivity index (χ1n) is 7.70. The van der Waals surface area contributed by atoms with Crippen LogP contribution in [0.5, 0.6) is 0 Å². The Morgan fingerprint density at radius 1 is 1.19 bits per heavy atom. The lowest BCUT2D eigenvalue weighted by atomic mass is 10.1. The highest BCUT2D eigenvalue weighted by molar-refractivity contribution is 5.81. The molecule has 0 saturated carbocycles. The Kier molecular flexibility index (Phi) is 4.85. The molecule has 114 valence electrons. The van der Waals surface area contributed by atoms with Gasteiger partial charge in [-0.2, -0.15) is 0 Å². The summed E-state index contributed by atoms with van der Waals surface area (Å²) in [5, 5.41) is 3.27. The van der Waals surface area contributed by atoms with Gasteiger partial charge in [0.1, 0.15) is 6.10 Å². The number of benzene rings is 1. The summed E-state index contributed by atoms with van der Waals surface area (Å²) in [6.45, 7) is 6.44. The third kappa shape index (κ3) is 3.81. The van der Waals surface area contributed by atoms with Crippen LogP contribution < -0.4 is 5.32 Å². The monoisotopic (exact) mass is 289 g/mol. The Morgan fingerprint density at radius 2 is 1.95 bits per heavy atom. The summed E-state index contributed by atoms with van der Waals surface area (Å²) in [6.07, 6.45) is -0.305. The molecule has 2 aliphatic heterocycles. The smallest absolute Gasteiger partial charge is 0.253 e. The van der Waals surface area contributed by atoms with E-state index in [1.165, 1.54) is 5.56 Å². The number of ether oxygens (including phenoxy) is 1. The number of carbonyl (C=O) groups excluding carboxylic acids is 1. The molecule has 1 aromatic carbocycles. The average Bonchev–Trinajstić information content (AvgIpc) is 2.56. The molecular formula is C16H23N3O2. The van der Waals surface area contributed by atoms with E-state index < -0.39 is 0 Å². The molecule has 2 saturated heterocycles. The van der Waals surface area contributed by atoms with Gasteiger partial charge in [-0.1, -0.05) is 30.3 Å². The summed E-state index contributed by atoms with van der Waals surface area (Å²) in [6, 6.07) is 10.4. The molecule has 2 heterocycles. The molecule has 1 amide bonds. The summed E-state index contributed by atoms with van der Waals surface area (Å²) >= 11 is 0. The third-order valence-electron chi connectivity index (χ3n) is 4.10. The van der Waals surface area contributed by atoms with Crippen molar-refractivity contribution in [1.29, 1.82) is 0 Å². The molecule has 3 rings (SSSR count). The van der Waals surface area contributed by atoms with Crippen LogP contribution in [0.1, 0.15) is 5.56 Å². The van der Waals surface area contributed by atoms with E-state index >= 15 is 0 Å². The minimum atomic E-state index is -0.305. The summed E-state index contributed by atoms with van der Waals surface area (Å²) in [4.78, 5) is 16.7. The molecule has 0 bridgehead atoms. The molecule has 2 fully saturated rings. The Hall–Kier alpha value is -1.43. The van der Waals surface area contributed by atoms with Crippen LogP contribution in [-0.4, -0.2) is 67.7 Å². The fourth-order valence-electron chi connectivity index (χ4n) is 2.93. The maximum atomic E-state index is 12.5. The summed E-state index contributed by atoms with van der Waals surface area (Å²) < 4.78 is 5.71. The first-order valence-corrected chi connectivity index (χ1v) is 7.70. The van der Waals surface area contributed by atoms with Gasteiger partial charge >= 0.3 is 0 Å². The largest absolute Gasteiger partial charge is 0.366 e. The first kappa shape index (κ1) is 14.5. The van der Waals surface area contributed by atoms with Crippen molar-refractivity contribution in [2.75, 3.05) is 45.9 Å². The Morgan fingerprint density at radius 3 is 2.71 bits per heavy atom. The van der Waals surface area contributed by atoms with Crippen molar-refractivity contribution in [2.24, 2.45) is 0 Å². The van der Waals surface area contributed by atoms with Crippen LogP contribution >= 0.6 is 0 Å². The van der Waals surface area contributed by atoms with Gasteiger partial charge in [0.05, 0.1) is 6.61 Å². The van der Waals surface area contributed by atoms with E-state index in [0.29, 0.717) is 13.2 Å². The molecular weight excluding hydrogens is 266 g/mol. The summed E-state index contributed by atoms with van der Waals surface area (Å²) in [5.41, 5.74) is 1.28. The minimum absolute atomic E-state index is 0.147. The van der Waals surface area contributed by atoms with Crippen LogP contribution in [-0.2, 0) is 16.1 Å². The highest BCUT2D eigenvalue weighted by Gasteiger charge is 2.30. The van der Waals surface area contributed by atoms with Crippen molar-refractivity contribution in [2.45, 2.75) is 12.6 Å². The van der Waals surface area contributed by atoms with Crippen LogP contribution in [0.2, 0.25) is 0 Å². The van der Waals surface area contributed by atoms with Gasteiger partial charge in [0.15, 0.2) is 0 Å². The van der Waals surface area contributed by atoms with Crippen LogP contribution in [0.15, 0.2) is 30.3 Å². The zero-order valence-corrected chi connectivity index (χ0v) is 12.3. The molecule has 5 heteroatoms. The molecule has 2 aliphatic rings. The maximum Gasteiger partial charge on any atom is 0.253 e. The lowest BCUT2D eigenvalue weighted by Gasteiger charge is -2.36. The molecule has 1 atom stereocenters. The van der Waals surface area contributed by atoms with Gasteiger partial charge in [0.2, 0.25) is 0 Å². The number of hydrogen-bond donors (Lipinski definition) is 1. The van der Waals surface area contributed by atoms with Crippen LogP contribution in [0.3, 0.4) is 0 Å². The number of hydrogen-bond acceptors (Lipinski definition) is 4. The average molecular weight is 289 g/mol. The Labute approximate surface area is 125 Å². The van der Waals surface area contributed by atoms with Gasteiger partial charge in [-0.25, -0.2) is 0 Å². The lowest BCUT2D eigenvalue weighted by molar-refractivity contribution is -0.150. The molecule has 1 unspecified atom stereocenters. The number of rotatable bonds is 3. The van der Waals surface area contributed by atoms with Gasteiger partial charge in [-0.15, -0.1) is 0 Å². The first-order chi connectivity index (χ1) is 10.3. The number of nitrogens with one attached hydrogen (secondary N) is 1. The molecule has 5 nitrogen and oxygen atoms in total. The SMILES string of the molecule is O=C(C1CN(Cc2ccccc2)CCO1)N1CCNCC1. The number of morpholine rings is 1. The predicted octanol–water partition coefficient (Wildman–Crippen LogP) is 0.319. The van der Waals surface area contributed by atoms with E-state index in [9.17, 15) is 4.79 Å². The second-order valence-corrected chi connectivity index (χ2v) is 5.66. The van der Waals surface area contributed by atoms with Crippen molar-refractivity contribution in [3.63, 3.8) is 0 Å².